The van der Waals surface area contributed by atoms with E-state index in [0.717, 1.165) is 21.5 Å². The van der Waals surface area contributed by atoms with Gasteiger partial charge < -0.3 is 18.6 Å². The number of carbonyl (C=O) groups is 3. The Hall–Kier alpha value is -4.21. The lowest BCUT2D eigenvalue weighted by atomic mass is 10.0. The molecule has 0 bridgehead atoms. The molecule has 3 aromatic rings. The molecule has 3 rings (SSSR count). The summed E-state index contributed by atoms with van der Waals surface area (Å²) in [4.78, 5) is 40.9. The van der Waals surface area contributed by atoms with Crippen LogP contribution in [0.15, 0.2) is 103 Å². The largest absolute Gasteiger partial charge is 0.467 e. The Balaban J connectivity index is 1.98. The van der Waals surface area contributed by atoms with Crippen molar-refractivity contribution in [2.75, 3.05) is 7.11 Å². The number of methoxy groups -OCH3 is 1. The third kappa shape index (κ3) is 9.89. The lowest BCUT2D eigenvalue weighted by Crippen LogP contribution is -2.67. The Bertz CT molecular complexity index is 1460. The molecule has 0 saturated carbocycles. The van der Waals surface area contributed by atoms with Crippen LogP contribution in [-0.4, -0.2) is 56.2 Å². The second-order valence-electron chi connectivity index (χ2n) is 13.6. The fourth-order valence-corrected chi connectivity index (χ4v) is 10.3. The van der Waals surface area contributed by atoms with Gasteiger partial charge in [0.1, 0.15) is 18.2 Å². The summed E-state index contributed by atoms with van der Waals surface area (Å²) in [5, 5.41) is 2.04. The summed E-state index contributed by atoms with van der Waals surface area (Å²) < 4.78 is 23.3. The van der Waals surface area contributed by atoms with Crippen LogP contribution in [0.5, 0.6) is 0 Å². The number of benzene rings is 3. The molecular formula is C38H49NO7Si. The van der Waals surface area contributed by atoms with E-state index in [9.17, 15) is 14.4 Å². The van der Waals surface area contributed by atoms with E-state index in [1.165, 1.54) is 7.11 Å². The Labute approximate surface area is 280 Å². The summed E-state index contributed by atoms with van der Waals surface area (Å²) in [7, 11) is -1.66. The molecule has 0 aliphatic heterocycles. The summed E-state index contributed by atoms with van der Waals surface area (Å²) in [6, 6.07) is 28.4. The van der Waals surface area contributed by atoms with Gasteiger partial charge in [0.15, 0.2) is 0 Å². The lowest BCUT2D eigenvalue weighted by molar-refractivity contribution is -0.146. The molecule has 9 heteroatoms. The monoisotopic (exact) mass is 659 g/mol. The van der Waals surface area contributed by atoms with Gasteiger partial charge in [0, 0.05) is 6.42 Å². The summed E-state index contributed by atoms with van der Waals surface area (Å²) in [5.41, 5.74) is 0.513. The first-order valence-corrected chi connectivity index (χ1v) is 17.8. The van der Waals surface area contributed by atoms with E-state index in [2.05, 4.69) is 45.0 Å². The Morgan fingerprint density at radius 3 is 1.72 bits per heavy atom. The molecule has 2 atom stereocenters. The number of ether oxygens (including phenoxy) is 3. The number of hydrogen-bond acceptors (Lipinski definition) is 7. The van der Waals surface area contributed by atoms with Crippen LogP contribution in [0.1, 0.15) is 67.4 Å². The number of imide groups is 1. The van der Waals surface area contributed by atoms with E-state index in [-0.39, 0.29) is 24.2 Å². The van der Waals surface area contributed by atoms with Crippen molar-refractivity contribution in [3.8, 4) is 0 Å². The molecule has 0 saturated heterocycles. The standard InChI is InChI=1S/C38H49NO7Si/c1-28(25-29(2)46-47(38(6,7)8,31-21-15-11-16-22-31)32-23-17-12-18-24-32)26-33(34(40)43-9)39(36(42)45-37(3,4)5)35(41)44-27-30-19-13-10-14-20-30/h10-25,29,33H,26-27H2,1-9H3/b28-25+/t29-,33-/m0/s1. The average Bonchev–Trinajstić information content (AvgIpc) is 3.01. The average molecular weight is 660 g/mol. The predicted molar refractivity (Wildman–Crippen MR) is 187 cm³/mol. The SMILES string of the molecule is COC(=O)[C@H](C/C(C)=C/[C@H](C)O[Si](c1ccccc1)(c1ccccc1)C(C)(C)C)N(C(=O)OCc1ccccc1)C(=O)OC(C)(C)C. The van der Waals surface area contributed by atoms with Crippen LogP contribution in [-0.2, 0) is 30.0 Å². The first kappa shape index (κ1) is 37.2. The quantitative estimate of drug-likeness (QED) is 0.0917. The van der Waals surface area contributed by atoms with Gasteiger partial charge in [0.25, 0.3) is 8.32 Å². The van der Waals surface area contributed by atoms with Gasteiger partial charge in [-0.2, -0.15) is 4.90 Å². The van der Waals surface area contributed by atoms with Crippen LogP contribution in [0.25, 0.3) is 0 Å². The van der Waals surface area contributed by atoms with Crippen molar-refractivity contribution >= 4 is 36.8 Å². The fraction of sp³-hybridized carbons (Fsp3) is 0.395. The van der Waals surface area contributed by atoms with Gasteiger partial charge in [-0.25, -0.2) is 14.4 Å². The third-order valence-electron chi connectivity index (χ3n) is 7.59. The highest BCUT2D eigenvalue weighted by Gasteiger charge is 2.51. The Kier molecular flexibility index (Phi) is 12.7. The molecule has 252 valence electrons. The molecule has 0 aliphatic rings. The maximum absolute atomic E-state index is 13.5. The number of rotatable bonds is 11. The zero-order valence-corrected chi connectivity index (χ0v) is 30.1. The molecule has 0 heterocycles. The maximum Gasteiger partial charge on any atom is 0.420 e. The van der Waals surface area contributed by atoms with Crippen molar-refractivity contribution < 1.29 is 33.0 Å². The summed E-state index contributed by atoms with van der Waals surface area (Å²) in [5.74, 6) is -0.777. The number of esters is 1. The minimum absolute atomic E-state index is 0.0131. The van der Waals surface area contributed by atoms with E-state index in [1.807, 2.05) is 74.5 Å². The second-order valence-corrected chi connectivity index (χ2v) is 17.9. The van der Waals surface area contributed by atoms with Gasteiger partial charge in [-0.05, 0) is 55.6 Å². The van der Waals surface area contributed by atoms with Crippen LogP contribution in [0.3, 0.4) is 0 Å². The topological polar surface area (TPSA) is 91.4 Å². The molecule has 0 fully saturated rings. The van der Waals surface area contributed by atoms with Crippen LogP contribution in [0.2, 0.25) is 5.04 Å². The minimum Gasteiger partial charge on any atom is -0.467 e. The van der Waals surface area contributed by atoms with Gasteiger partial charge in [0.2, 0.25) is 0 Å². The molecule has 3 aromatic carbocycles. The summed E-state index contributed by atoms with van der Waals surface area (Å²) in [6.07, 6.45) is -0.489. The van der Waals surface area contributed by atoms with Gasteiger partial charge in [-0.3, -0.25) is 0 Å². The van der Waals surface area contributed by atoms with E-state index in [1.54, 1.807) is 32.9 Å². The zero-order chi connectivity index (χ0) is 34.8. The fourth-order valence-electron chi connectivity index (χ4n) is 5.62. The van der Waals surface area contributed by atoms with Crippen molar-refractivity contribution in [1.82, 2.24) is 4.90 Å². The van der Waals surface area contributed by atoms with E-state index < -0.39 is 38.1 Å². The molecule has 0 aromatic heterocycles. The Morgan fingerprint density at radius 1 is 0.787 bits per heavy atom. The van der Waals surface area contributed by atoms with Crippen molar-refractivity contribution in [2.24, 2.45) is 0 Å². The van der Waals surface area contributed by atoms with Crippen molar-refractivity contribution in [3.63, 3.8) is 0 Å². The molecular weight excluding hydrogens is 611 g/mol. The zero-order valence-electron chi connectivity index (χ0n) is 29.1. The first-order valence-electron chi connectivity index (χ1n) is 15.9. The number of nitrogens with zero attached hydrogens (tertiary/aromatic N) is 1. The normalized spacial score (nSPS) is 13.7. The maximum atomic E-state index is 13.5. The summed E-state index contributed by atoms with van der Waals surface area (Å²) in [6.45, 7) is 15.4. The van der Waals surface area contributed by atoms with Crippen LogP contribution in [0.4, 0.5) is 9.59 Å². The van der Waals surface area contributed by atoms with E-state index in [4.69, 9.17) is 18.6 Å². The van der Waals surface area contributed by atoms with E-state index in [0.29, 0.717) is 4.90 Å². The number of carbonyl (C=O) groups excluding carboxylic acids is 3. The highest BCUT2D eigenvalue weighted by molar-refractivity contribution is 6.99. The number of hydrogen-bond donors (Lipinski definition) is 0. The predicted octanol–water partition coefficient (Wildman–Crippen LogP) is 7.40. The highest BCUT2D eigenvalue weighted by atomic mass is 28.4. The lowest BCUT2D eigenvalue weighted by Gasteiger charge is -2.44. The van der Waals surface area contributed by atoms with Gasteiger partial charge in [-0.15, -0.1) is 0 Å². The number of amides is 2. The van der Waals surface area contributed by atoms with Crippen molar-refractivity contribution in [3.05, 3.63) is 108 Å². The molecule has 0 radical (unpaired) electrons. The van der Waals surface area contributed by atoms with Crippen molar-refractivity contribution in [2.45, 2.75) is 91.2 Å². The van der Waals surface area contributed by atoms with Crippen molar-refractivity contribution in [1.29, 1.82) is 0 Å². The molecule has 0 aliphatic carbocycles. The molecule has 8 nitrogen and oxygen atoms in total. The smallest absolute Gasteiger partial charge is 0.420 e. The molecule has 47 heavy (non-hydrogen) atoms. The van der Waals surface area contributed by atoms with Gasteiger partial charge >= 0.3 is 18.2 Å². The molecule has 0 N–H and O–H groups in total. The first-order chi connectivity index (χ1) is 22.1. The molecule has 0 unspecified atom stereocenters. The second kappa shape index (κ2) is 16.1. The third-order valence-corrected chi connectivity index (χ3v) is 12.7. The van der Waals surface area contributed by atoms with Crippen LogP contribution in [0, 0.1) is 0 Å². The highest BCUT2D eigenvalue weighted by Crippen LogP contribution is 2.37. The Morgan fingerprint density at radius 2 is 1.28 bits per heavy atom. The van der Waals surface area contributed by atoms with E-state index >= 15 is 0 Å². The van der Waals surface area contributed by atoms with Crippen LogP contribution >= 0.6 is 0 Å². The molecule has 0 spiro atoms. The van der Waals surface area contributed by atoms with Crippen LogP contribution < -0.4 is 10.4 Å². The van der Waals surface area contributed by atoms with Gasteiger partial charge in [0.05, 0.1) is 13.2 Å². The molecule has 2 amide bonds. The summed E-state index contributed by atoms with van der Waals surface area (Å²) >= 11 is 0. The van der Waals surface area contributed by atoms with Gasteiger partial charge in [-0.1, -0.05) is 123 Å². The minimum atomic E-state index is -2.87.